The van der Waals surface area contributed by atoms with E-state index in [1.165, 1.54) is 20.0 Å². The summed E-state index contributed by atoms with van der Waals surface area (Å²) >= 11 is 0. The zero-order valence-electron chi connectivity index (χ0n) is 10.8. The molecule has 1 heterocycles. The topological polar surface area (TPSA) is 41.6 Å². The average molecular weight is 246 g/mol. The predicted octanol–water partition coefficient (Wildman–Crippen LogP) is 2.12. The molecule has 0 bridgehead atoms. The molecule has 1 aromatic carbocycles. The minimum absolute atomic E-state index is 0.271. The second-order valence-electron chi connectivity index (χ2n) is 5.40. The Labute approximate surface area is 107 Å². The van der Waals surface area contributed by atoms with Gasteiger partial charge in [0.15, 0.2) is 0 Å². The van der Waals surface area contributed by atoms with Crippen molar-refractivity contribution in [2.75, 3.05) is 37.5 Å². The summed E-state index contributed by atoms with van der Waals surface area (Å²) in [5, 5.41) is 3.48. The maximum absolute atomic E-state index is 11.8. The van der Waals surface area contributed by atoms with Crippen molar-refractivity contribution in [3.05, 3.63) is 23.8 Å². The van der Waals surface area contributed by atoms with Crippen molar-refractivity contribution < 1.29 is 9.53 Å². The van der Waals surface area contributed by atoms with Crippen LogP contribution < -0.4 is 10.2 Å². The lowest BCUT2D eigenvalue weighted by Crippen LogP contribution is -2.28. The van der Waals surface area contributed by atoms with Crippen molar-refractivity contribution in [2.24, 2.45) is 5.41 Å². The fraction of sp³-hybridized carbons (Fsp3) is 0.500. The quantitative estimate of drug-likeness (QED) is 0.771. The van der Waals surface area contributed by atoms with Crippen LogP contribution in [-0.2, 0) is 4.74 Å². The van der Waals surface area contributed by atoms with Crippen LogP contribution in [0, 0.1) is 5.41 Å². The summed E-state index contributed by atoms with van der Waals surface area (Å²) in [6, 6.07) is 5.75. The first-order chi connectivity index (χ1) is 8.65. The zero-order valence-corrected chi connectivity index (χ0v) is 10.8. The second kappa shape index (κ2) is 3.90. The van der Waals surface area contributed by atoms with E-state index in [-0.39, 0.29) is 5.97 Å². The number of esters is 1. The number of anilines is 2. The predicted molar refractivity (Wildman–Crippen MR) is 71.2 cm³/mol. The lowest BCUT2D eigenvalue weighted by molar-refractivity contribution is 0.0601. The Hall–Kier alpha value is -1.71. The van der Waals surface area contributed by atoms with E-state index in [4.69, 9.17) is 4.74 Å². The highest BCUT2D eigenvalue weighted by atomic mass is 16.5. The maximum Gasteiger partial charge on any atom is 0.340 e. The number of nitrogens with zero attached hydrogens (tertiary/aromatic N) is 1. The molecule has 4 heteroatoms. The molecule has 0 amide bonds. The Kier molecular flexibility index (Phi) is 2.47. The second-order valence-corrected chi connectivity index (χ2v) is 5.40. The molecule has 4 nitrogen and oxygen atoms in total. The molecule has 1 aliphatic heterocycles. The number of carbonyl (C=O) groups is 1. The summed E-state index contributed by atoms with van der Waals surface area (Å²) in [5.74, 6) is -0.271. The van der Waals surface area contributed by atoms with Gasteiger partial charge in [0, 0.05) is 25.6 Å². The zero-order chi connectivity index (χ0) is 12.8. The van der Waals surface area contributed by atoms with Gasteiger partial charge in [0.25, 0.3) is 0 Å². The van der Waals surface area contributed by atoms with Crippen LogP contribution in [0.5, 0.6) is 0 Å². The van der Waals surface area contributed by atoms with Crippen LogP contribution in [0.1, 0.15) is 23.2 Å². The van der Waals surface area contributed by atoms with E-state index in [9.17, 15) is 4.79 Å². The first kappa shape index (κ1) is 11.4. The number of benzene rings is 1. The van der Waals surface area contributed by atoms with E-state index in [2.05, 4.69) is 17.3 Å². The molecule has 1 N–H and O–H groups in total. The van der Waals surface area contributed by atoms with Crippen molar-refractivity contribution in [3.8, 4) is 0 Å². The first-order valence-corrected chi connectivity index (χ1v) is 6.32. The lowest BCUT2D eigenvalue weighted by Gasteiger charge is -2.23. The minimum Gasteiger partial charge on any atom is -0.465 e. The number of hydrogen-bond acceptors (Lipinski definition) is 4. The minimum atomic E-state index is -0.271. The Morgan fingerprint density at radius 3 is 2.89 bits per heavy atom. The largest absolute Gasteiger partial charge is 0.465 e. The highest BCUT2D eigenvalue weighted by molar-refractivity contribution is 5.99. The third-order valence-corrected chi connectivity index (χ3v) is 4.01. The van der Waals surface area contributed by atoms with Gasteiger partial charge in [0.2, 0.25) is 0 Å². The van der Waals surface area contributed by atoms with Crippen molar-refractivity contribution in [2.45, 2.75) is 12.8 Å². The van der Waals surface area contributed by atoms with Gasteiger partial charge in [-0.25, -0.2) is 4.79 Å². The lowest BCUT2D eigenvalue weighted by atomic mass is 10.1. The number of para-hydroxylation sites is 1. The Bertz CT molecular complexity index is 495. The Morgan fingerprint density at radius 2 is 2.22 bits per heavy atom. The van der Waals surface area contributed by atoms with Gasteiger partial charge in [-0.2, -0.15) is 0 Å². The monoisotopic (exact) mass is 246 g/mol. The summed E-state index contributed by atoms with van der Waals surface area (Å²) < 4.78 is 4.87. The van der Waals surface area contributed by atoms with Crippen LogP contribution in [0.3, 0.4) is 0 Å². The smallest absolute Gasteiger partial charge is 0.340 e. The fourth-order valence-electron chi connectivity index (χ4n) is 2.80. The van der Waals surface area contributed by atoms with Gasteiger partial charge in [-0.15, -0.1) is 0 Å². The average Bonchev–Trinajstić information content (AvgIpc) is 3.16. The van der Waals surface area contributed by atoms with Crippen LogP contribution in [0.4, 0.5) is 11.4 Å². The van der Waals surface area contributed by atoms with Gasteiger partial charge in [-0.1, -0.05) is 6.07 Å². The van der Waals surface area contributed by atoms with E-state index in [0.29, 0.717) is 11.0 Å². The van der Waals surface area contributed by atoms with E-state index in [0.717, 1.165) is 24.5 Å². The Balaban J connectivity index is 2.04. The summed E-state index contributed by atoms with van der Waals surface area (Å²) in [6.07, 6.45) is 2.54. The SMILES string of the molecule is COC(=O)c1cccc2c1N(C)CC1(CC1)CN2. The van der Waals surface area contributed by atoms with Gasteiger partial charge in [0.05, 0.1) is 24.0 Å². The maximum atomic E-state index is 11.8. The van der Waals surface area contributed by atoms with Gasteiger partial charge < -0.3 is 15.0 Å². The molecule has 18 heavy (non-hydrogen) atoms. The normalized spacial score (nSPS) is 19.8. The highest BCUT2D eigenvalue weighted by Gasteiger charge is 2.45. The van der Waals surface area contributed by atoms with Gasteiger partial charge in [0.1, 0.15) is 0 Å². The fourth-order valence-corrected chi connectivity index (χ4v) is 2.80. The number of nitrogens with one attached hydrogen (secondary N) is 1. The molecule has 1 saturated carbocycles. The third kappa shape index (κ3) is 1.72. The van der Waals surface area contributed by atoms with E-state index in [1.807, 2.05) is 18.2 Å². The van der Waals surface area contributed by atoms with E-state index < -0.39 is 0 Å². The van der Waals surface area contributed by atoms with Crippen LogP contribution in [-0.4, -0.2) is 33.2 Å². The molecule has 0 radical (unpaired) electrons. The molecule has 0 unspecified atom stereocenters. The molecule has 0 atom stereocenters. The Morgan fingerprint density at radius 1 is 1.44 bits per heavy atom. The molecule has 0 aromatic heterocycles. The molecular weight excluding hydrogens is 228 g/mol. The van der Waals surface area contributed by atoms with Gasteiger partial charge in [-0.3, -0.25) is 0 Å². The van der Waals surface area contributed by atoms with Crippen LogP contribution in [0.2, 0.25) is 0 Å². The summed E-state index contributed by atoms with van der Waals surface area (Å²) in [6.45, 7) is 2.00. The molecular formula is C14H18N2O2. The molecule has 3 rings (SSSR count). The standard InChI is InChI=1S/C14H18N2O2/c1-16-9-14(6-7-14)8-15-11-5-3-4-10(12(11)16)13(17)18-2/h3-5,15H,6-9H2,1-2H3. The van der Waals surface area contributed by atoms with Gasteiger partial charge in [-0.05, 0) is 25.0 Å². The van der Waals surface area contributed by atoms with E-state index in [1.54, 1.807) is 0 Å². The molecule has 1 spiro atoms. The summed E-state index contributed by atoms with van der Waals surface area (Å²) in [7, 11) is 3.48. The van der Waals surface area contributed by atoms with E-state index >= 15 is 0 Å². The highest BCUT2D eigenvalue weighted by Crippen LogP contribution is 2.49. The molecule has 1 fully saturated rings. The van der Waals surface area contributed by atoms with Crippen molar-refractivity contribution >= 4 is 17.3 Å². The number of carbonyl (C=O) groups excluding carboxylic acids is 1. The molecule has 2 aliphatic rings. The van der Waals surface area contributed by atoms with Crippen molar-refractivity contribution in [1.82, 2.24) is 0 Å². The molecule has 0 saturated heterocycles. The molecule has 1 aliphatic carbocycles. The number of rotatable bonds is 1. The van der Waals surface area contributed by atoms with Crippen LogP contribution in [0.15, 0.2) is 18.2 Å². The van der Waals surface area contributed by atoms with Crippen LogP contribution in [0.25, 0.3) is 0 Å². The van der Waals surface area contributed by atoms with Gasteiger partial charge >= 0.3 is 5.97 Å². The number of methoxy groups -OCH3 is 1. The number of hydrogen-bond donors (Lipinski definition) is 1. The van der Waals surface area contributed by atoms with Crippen molar-refractivity contribution in [3.63, 3.8) is 0 Å². The number of fused-ring (bicyclic) bond motifs is 1. The summed E-state index contributed by atoms with van der Waals surface area (Å²) in [4.78, 5) is 14.0. The summed E-state index contributed by atoms with van der Waals surface area (Å²) in [5.41, 5.74) is 3.04. The third-order valence-electron chi connectivity index (χ3n) is 4.01. The molecule has 1 aromatic rings. The van der Waals surface area contributed by atoms with Crippen molar-refractivity contribution in [1.29, 1.82) is 0 Å². The first-order valence-electron chi connectivity index (χ1n) is 6.32. The molecule has 96 valence electrons. The van der Waals surface area contributed by atoms with Crippen LogP contribution >= 0.6 is 0 Å². The number of ether oxygens (including phenoxy) is 1.